The minimum absolute atomic E-state index is 0.0153. The van der Waals surface area contributed by atoms with Crippen LogP contribution in [0.4, 0.5) is 0 Å². The number of hydrogen-bond acceptors (Lipinski definition) is 3. The number of aliphatic hydroxyl groups excluding tert-OH is 1. The zero-order chi connectivity index (χ0) is 7.61. The maximum atomic E-state index is 8.68. The highest BCUT2D eigenvalue weighted by Gasteiger charge is 2.50. The Morgan fingerprint density at radius 3 is 3.00 bits per heavy atom. The molecule has 0 aromatic carbocycles. The summed E-state index contributed by atoms with van der Waals surface area (Å²) in [5.74, 6) is 0. The Labute approximate surface area is 58.2 Å². The lowest BCUT2D eigenvalue weighted by atomic mass is 10.1. The lowest BCUT2D eigenvalue weighted by molar-refractivity contribution is 0.184. The predicted molar refractivity (Wildman–Crippen MR) is 34.4 cm³/mol. The Morgan fingerprint density at radius 2 is 2.60 bits per heavy atom. The molecule has 0 aliphatic carbocycles. The molecule has 0 aromatic rings. The Kier molecular flexibility index (Phi) is 1.80. The molecular weight excluding hydrogens is 134 g/mol. The van der Waals surface area contributed by atoms with Gasteiger partial charge in [0, 0.05) is 4.91 Å². The smallest absolute Gasteiger partial charge is 0.115 e. The summed E-state index contributed by atoms with van der Waals surface area (Å²) in [6, 6.07) is 0. The first-order valence-corrected chi connectivity index (χ1v) is 3.02. The van der Waals surface area contributed by atoms with Crippen molar-refractivity contribution >= 4 is 0 Å². The highest BCUT2D eigenvalue weighted by Crippen LogP contribution is 2.35. The van der Waals surface area contributed by atoms with E-state index in [-0.39, 0.29) is 12.7 Å². The molecular formula is C5H9N3O2. The first-order chi connectivity index (χ1) is 4.73. The van der Waals surface area contributed by atoms with E-state index in [4.69, 9.17) is 15.4 Å². The molecule has 1 N–H and O–H groups in total. The van der Waals surface area contributed by atoms with Gasteiger partial charge in [-0.15, -0.1) is 0 Å². The molecule has 10 heavy (non-hydrogen) atoms. The van der Waals surface area contributed by atoms with Gasteiger partial charge in [-0.05, 0) is 12.5 Å². The van der Waals surface area contributed by atoms with E-state index >= 15 is 0 Å². The fourth-order valence-electron chi connectivity index (χ4n) is 0.771. The lowest BCUT2D eigenvalue weighted by Crippen LogP contribution is -2.16. The molecule has 5 nitrogen and oxygen atoms in total. The standard InChI is InChI=1S/C5H9N3O2/c1-5(3-9)4(10-5)2-7-8-6/h4,9H,2-3H2,1H3. The van der Waals surface area contributed by atoms with Crippen molar-refractivity contribution in [2.45, 2.75) is 18.6 Å². The van der Waals surface area contributed by atoms with Gasteiger partial charge in [-0.2, -0.15) is 0 Å². The molecule has 1 heterocycles. The van der Waals surface area contributed by atoms with Crippen LogP contribution in [-0.2, 0) is 4.74 Å². The van der Waals surface area contributed by atoms with E-state index < -0.39 is 5.60 Å². The van der Waals surface area contributed by atoms with Gasteiger partial charge in [0.25, 0.3) is 0 Å². The Balaban J connectivity index is 2.30. The van der Waals surface area contributed by atoms with Gasteiger partial charge in [-0.3, -0.25) is 0 Å². The molecule has 1 saturated heterocycles. The van der Waals surface area contributed by atoms with Crippen molar-refractivity contribution in [3.05, 3.63) is 10.4 Å². The molecule has 0 saturated carbocycles. The maximum absolute atomic E-state index is 8.68. The quantitative estimate of drug-likeness (QED) is 0.269. The number of epoxide rings is 1. The average molecular weight is 143 g/mol. The van der Waals surface area contributed by atoms with Gasteiger partial charge in [0.15, 0.2) is 0 Å². The summed E-state index contributed by atoms with van der Waals surface area (Å²) in [6.45, 7) is 2.08. The number of hydrogen-bond donors (Lipinski definition) is 1. The zero-order valence-electron chi connectivity index (χ0n) is 5.69. The number of aliphatic hydroxyl groups is 1. The molecule has 1 fully saturated rings. The van der Waals surface area contributed by atoms with E-state index in [2.05, 4.69) is 10.0 Å². The molecule has 1 aliphatic rings. The Bertz CT molecular complexity index is 178. The Hall–Kier alpha value is -0.770. The van der Waals surface area contributed by atoms with E-state index in [1.165, 1.54) is 0 Å². The number of nitrogens with zero attached hydrogens (tertiary/aromatic N) is 3. The van der Waals surface area contributed by atoms with Crippen molar-refractivity contribution in [2.75, 3.05) is 13.2 Å². The number of azide groups is 1. The van der Waals surface area contributed by atoms with Gasteiger partial charge in [-0.1, -0.05) is 5.11 Å². The van der Waals surface area contributed by atoms with E-state index in [0.717, 1.165) is 0 Å². The van der Waals surface area contributed by atoms with E-state index in [0.29, 0.717) is 6.54 Å². The molecule has 0 amide bonds. The van der Waals surface area contributed by atoms with Crippen LogP contribution in [0.15, 0.2) is 5.11 Å². The van der Waals surface area contributed by atoms with Gasteiger partial charge in [0.1, 0.15) is 5.60 Å². The van der Waals surface area contributed by atoms with Crippen molar-refractivity contribution in [1.29, 1.82) is 0 Å². The summed E-state index contributed by atoms with van der Waals surface area (Å²) in [5.41, 5.74) is 7.48. The molecule has 0 bridgehead atoms. The fraction of sp³-hybridized carbons (Fsp3) is 1.00. The summed E-state index contributed by atoms with van der Waals surface area (Å²) >= 11 is 0. The van der Waals surface area contributed by atoms with Crippen molar-refractivity contribution in [1.82, 2.24) is 0 Å². The van der Waals surface area contributed by atoms with Crippen LogP contribution in [0.25, 0.3) is 10.4 Å². The molecule has 0 aromatic heterocycles. The maximum Gasteiger partial charge on any atom is 0.115 e. The van der Waals surface area contributed by atoms with Crippen molar-refractivity contribution in [3.63, 3.8) is 0 Å². The van der Waals surface area contributed by atoms with Gasteiger partial charge < -0.3 is 9.84 Å². The third-order valence-electron chi connectivity index (χ3n) is 1.66. The minimum atomic E-state index is -0.450. The van der Waals surface area contributed by atoms with E-state index in [1.807, 2.05) is 0 Å². The van der Waals surface area contributed by atoms with Crippen molar-refractivity contribution in [2.24, 2.45) is 5.11 Å². The third-order valence-corrected chi connectivity index (χ3v) is 1.66. The molecule has 5 heteroatoms. The fourth-order valence-corrected chi connectivity index (χ4v) is 0.771. The van der Waals surface area contributed by atoms with Crippen LogP contribution >= 0.6 is 0 Å². The van der Waals surface area contributed by atoms with Crippen molar-refractivity contribution in [3.8, 4) is 0 Å². The van der Waals surface area contributed by atoms with Crippen LogP contribution < -0.4 is 0 Å². The number of ether oxygens (including phenoxy) is 1. The first kappa shape index (κ1) is 7.34. The number of rotatable bonds is 3. The molecule has 2 atom stereocenters. The molecule has 0 spiro atoms. The molecule has 2 unspecified atom stereocenters. The summed E-state index contributed by atoms with van der Waals surface area (Å²) in [4.78, 5) is 2.58. The first-order valence-electron chi connectivity index (χ1n) is 3.02. The molecule has 1 aliphatic heterocycles. The molecule has 56 valence electrons. The topological polar surface area (TPSA) is 81.5 Å². The summed E-state index contributed by atoms with van der Waals surface area (Å²) in [6.07, 6.45) is -0.0894. The van der Waals surface area contributed by atoms with Crippen LogP contribution in [0.3, 0.4) is 0 Å². The van der Waals surface area contributed by atoms with Gasteiger partial charge in [0.2, 0.25) is 0 Å². The molecule has 1 rings (SSSR count). The second-order valence-electron chi connectivity index (χ2n) is 2.49. The third kappa shape index (κ3) is 1.21. The second-order valence-corrected chi connectivity index (χ2v) is 2.49. The van der Waals surface area contributed by atoms with E-state index in [1.54, 1.807) is 6.92 Å². The SMILES string of the molecule is CC1(CO)OC1CN=[N+]=[N-]. The monoisotopic (exact) mass is 143 g/mol. The largest absolute Gasteiger partial charge is 0.393 e. The zero-order valence-corrected chi connectivity index (χ0v) is 5.69. The minimum Gasteiger partial charge on any atom is -0.393 e. The normalized spacial score (nSPS) is 36.8. The van der Waals surface area contributed by atoms with Gasteiger partial charge >= 0.3 is 0 Å². The average Bonchev–Trinajstić information content (AvgIpc) is 2.59. The van der Waals surface area contributed by atoms with Crippen LogP contribution in [0.1, 0.15) is 6.92 Å². The lowest BCUT2D eigenvalue weighted by Gasteiger charge is -1.95. The Morgan fingerprint density at radius 1 is 1.90 bits per heavy atom. The van der Waals surface area contributed by atoms with Crippen molar-refractivity contribution < 1.29 is 9.84 Å². The highest BCUT2D eigenvalue weighted by molar-refractivity contribution is 4.99. The van der Waals surface area contributed by atoms with E-state index in [9.17, 15) is 0 Å². The van der Waals surface area contributed by atoms with Crippen LogP contribution in [0, 0.1) is 0 Å². The summed E-state index contributed by atoms with van der Waals surface area (Å²) in [7, 11) is 0. The molecule has 0 radical (unpaired) electrons. The van der Waals surface area contributed by atoms with Gasteiger partial charge in [-0.25, -0.2) is 0 Å². The van der Waals surface area contributed by atoms with Crippen LogP contribution in [-0.4, -0.2) is 30.0 Å². The van der Waals surface area contributed by atoms with Gasteiger partial charge in [0.05, 0.1) is 19.3 Å². The van der Waals surface area contributed by atoms with Crippen LogP contribution in [0.2, 0.25) is 0 Å². The summed E-state index contributed by atoms with van der Waals surface area (Å²) < 4.78 is 5.04. The highest BCUT2D eigenvalue weighted by atomic mass is 16.6. The second kappa shape index (κ2) is 2.46. The van der Waals surface area contributed by atoms with Crippen LogP contribution in [0.5, 0.6) is 0 Å². The summed E-state index contributed by atoms with van der Waals surface area (Å²) in [5, 5.41) is 12.0. The predicted octanol–water partition coefficient (Wildman–Crippen LogP) is 0.447.